The zero-order valence-electron chi connectivity index (χ0n) is 11.5. The van der Waals surface area contributed by atoms with Crippen LogP contribution in [-0.2, 0) is 9.05 Å². The normalized spacial score (nSPS) is 14.4. The van der Waals surface area contributed by atoms with Crippen molar-refractivity contribution in [2.75, 3.05) is 19.9 Å². The lowest BCUT2D eigenvalue weighted by atomic mass is 10.4. The second kappa shape index (κ2) is 8.46. The van der Waals surface area contributed by atoms with Gasteiger partial charge in [-0.25, -0.2) is 4.98 Å². The van der Waals surface area contributed by atoms with Gasteiger partial charge < -0.3 is 0 Å². The molecule has 1 aromatic heterocycles. The average molecular weight is 275 g/mol. The number of rotatable bonds is 10. The first-order chi connectivity index (χ1) is 8.76. The van der Waals surface area contributed by atoms with E-state index in [4.69, 9.17) is 13.7 Å². The number of nitrogens with zero attached hydrogens (tertiary/aromatic N) is 2. The molecule has 0 saturated heterocycles. The molecule has 1 aromatic rings. The van der Waals surface area contributed by atoms with Crippen molar-refractivity contribution in [3.8, 4) is 0 Å². The summed E-state index contributed by atoms with van der Waals surface area (Å²) in [5.74, 6) is 0. The van der Waals surface area contributed by atoms with E-state index in [0.717, 1.165) is 31.8 Å². The van der Waals surface area contributed by atoms with Crippen LogP contribution in [0.5, 0.6) is 0 Å². The van der Waals surface area contributed by atoms with Gasteiger partial charge in [-0.1, -0.05) is 26.7 Å². The molecule has 1 atom stereocenters. The molecule has 0 aliphatic rings. The third kappa shape index (κ3) is 4.92. The summed E-state index contributed by atoms with van der Waals surface area (Å²) in [5.41, 5.74) is 0. The van der Waals surface area contributed by atoms with E-state index in [1.54, 1.807) is 30.6 Å². The average Bonchev–Trinajstić information content (AvgIpc) is 2.89. The second-order valence-electron chi connectivity index (χ2n) is 4.06. The van der Waals surface area contributed by atoms with E-state index in [-0.39, 0.29) is 0 Å². The van der Waals surface area contributed by atoms with Crippen molar-refractivity contribution in [1.29, 1.82) is 0 Å². The number of imidazole rings is 1. The van der Waals surface area contributed by atoms with Crippen LogP contribution in [-0.4, -0.2) is 29.6 Å². The maximum atomic E-state index is 5.91. The fraction of sp³-hybridized carbons (Fsp3) is 0.750. The molecule has 5 nitrogen and oxygen atoms in total. The molecule has 0 aliphatic carbocycles. The lowest BCUT2D eigenvalue weighted by Gasteiger charge is -2.20. The summed E-state index contributed by atoms with van der Waals surface area (Å²) >= 11 is 0. The Morgan fingerprint density at radius 1 is 1.22 bits per heavy atom. The van der Waals surface area contributed by atoms with Crippen LogP contribution in [0, 0.1) is 0 Å². The lowest BCUT2D eigenvalue weighted by Crippen LogP contribution is -2.19. The number of unbranched alkanes of at least 4 members (excludes halogenated alkanes) is 2. The van der Waals surface area contributed by atoms with Gasteiger partial charge in [0, 0.05) is 6.20 Å². The van der Waals surface area contributed by atoms with E-state index in [1.807, 2.05) is 0 Å². The smallest absolute Gasteiger partial charge is 0.241 e. The van der Waals surface area contributed by atoms with Crippen molar-refractivity contribution in [3.05, 3.63) is 18.7 Å². The minimum atomic E-state index is -2.29. The summed E-state index contributed by atoms with van der Waals surface area (Å²) in [6.45, 7) is 4.96. The Labute approximate surface area is 110 Å². The first-order valence-corrected chi connectivity index (χ1v) is 8.25. The molecule has 0 aromatic carbocycles. The van der Waals surface area contributed by atoms with Crippen LogP contribution >= 0.6 is 7.94 Å². The fourth-order valence-electron chi connectivity index (χ4n) is 1.44. The monoisotopic (exact) mass is 275 g/mol. The quantitative estimate of drug-likeness (QED) is 0.485. The minimum absolute atomic E-state index is 0.677. The zero-order valence-corrected chi connectivity index (χ0v) is 12.4. The van der Waals surface area contributed by atoms with Crippen molar-refractivity contribution in [3.63, 3.8) is 0 Å². The number of hydrogen-bond donors (Lipinski definition) is 0. The summed E-state index contributed by atoms with van der Waals surface area (Å²) in [5, 5.41) is 0. The molecule has 104 valence electrons. The van der Waals surface area contributed by atoms with Gasteiger partial charge in [-0.2, -0.15) is 13.7 Å². The Morgan fingerprint density at radius 3 is 2.56 bits per heavy atom. The fourth-order valence-corrected chi connectivity index (χ4v) is 3.55. The standard InChI is InChI=1S/C12H24N2O3P/c1-4-6-10-16-18(15-3,11-7-5-2)17-14-9-8-13-12-14/h8-9,12H,4-7,10-11H2,1-3H3/q+1. The maximum Gasteiger partial charge on any atom is 0.488 e. The van der Waals surface area contributed by atoms with E-state index in [0.29, 0.717) is 6.61 Å². The maximum absolute atomic E-state index is 5.91. The van der Waals surface area contributed by atoms with E-state index in [2.05, 4.69) is 18.8 Å². The molecule has 18 heavy (non-hydrogen) atoms. The molecule has 0 spiro atoms. The van der Waals surface area contributed by atoms with Crippen LogP contribution in [0.2, 0.25) is 0 Å². The molecule has 0 amide bonds. The highest BCUT2D eigenvalue weighted by Crippen LogP contribution is 2.59. The molecular formula is C12H24N2O3P+. The largest absolute Gasteiger partial charge is 0.488 e. The van der Waals surface area contributed by atoms with Crippen molar-refractivity contribution in [2.45, 2.75) is 39.5 Å². The summed E-state index contributed by atoms with van der Waals surface area (Å²) in [6.07, 6.45) is 10.1. The number of hydrogen-bond acceptors (Lipinski definition) is 4. The van der Waals surface area contributed by atoms with Gasteiger partial charge in [0.05, 0.1) is 19.9 Å². The molecule has 0 bridgehead atoms. The van der Waals surface area contributed by atoms with E-state index in [1.165, 1.54) is 0 Å². The Kier molecular flexibility index (Phi) is 7.25. The van der Waals surface area contributed by atoms with E-state index in [9.17, 15) is 0 Å². The van der Waals surface area contributed by atoms with Gasteiger partial charge in [-0.3, -0.25) is 0 Å². The van der Waals surface area contributed by atoms with Gasteiger partial charge in [-0.15, -0.1) is 4.73 Å². The molecule has 1 heterocycles. The Hall–Kier alpha value is -0.640. The second-order valence-corrected chi connectivity index (χ2v) is 6.52. The zero-order chi connectivity index (χ0) is 13.3. The first kappa shape index (κ1) is 15.4. The van der Waals surface area contributed by atoms with E-state index >= 15 is 0 Å². The molecule has 0 N–H and O–H groups in total. The Bertz CT molecular complexity index is 308. The third-order valence-electron chi connectivity index (χ3n) is 2.55. The van der Waals surface area contributed by atoms with Gasteiger partial charge in [0.15, 0.2) is 6.16 Å². The summed E-state index contributed by atoms with van der Waals surface area (Å²) < 4.78 is 18.9. The Morgan fingerprint density at radius 2 is 2.00 bits per heavy atom. The van der Waals surface area contributed by atoms with Crippen LogP contribution in [0.1, 0.15) is 39.5 Å². The molecule has 0 fully saturated rings. The number of aromatic nitrogens is 2. The molecule has 0 aliphatic heterocycles. The molecule has 6 heteroatoms. The Balaban J connectivity index is 2.63. The highest BCUT2D eigenvalue weighted by Gasteiger charge is 2.46. The lowest BCUT2D eigenvalue weighted by molar-refractivity contribution is 0.141. The summed E-state index contributed by atoms with van der Waals surface area (Å²) in [7, 11) is -0.630. The van der Waals surface area contributed by atoms with Crippen molar-refractivity contribution >= 4 is 7.94 Å². The third-order valence-corrected chi connectivity index (χ3v) is 4.98. The highest BCUT2D eigenvalue weighted by atomic mass is 31.2. The van der Waals surface area contributed by atoms with E-state index < -0.39 is 7.94 Å². The molecule has 0 saturated carbocycles. The minimum Gasteiger partial charge on any atom is -0.241 e. The van der Waals surface area contributed by atoms with Crippen molar-refractivity contribution < 1.29 is 13.7 Å². The van der Waals surface area contributed by atoms with Crippen LogP contribution in [0.15, 0.2) is 18.7 Å². The predicted octanol–water partition coefficient (Wildman–Crippen LogP) is 3.34. The van der Waals surface area contributed by atoms with Gasteiger partial charge in [0.25, 0.3) is 0 Å². The summed E-state index contributed by atoms with van der Waals surface area (Å²) in [6, 6.07) is 0. The van der Waals surface area contributed by atoms with Crippen molar-refractivity contribution in [1.82, 2.24) is 9.71 Å². The summed E-state index contributed by atoms with van der Waals surface area (Å²) in [4.78, 5) is 3.96. The van der Waals surface area contributed by atoms with Gasteiger partial charge in [0.1, 0.15) is 6.33 Å². The molecular weight excluding hydrogens is 251 g/mol. The van der Waals surface area contributed by atoms with Crippen molar-refractivity contribution in [2.24, 2.45) is 0 Å². The van der Waals surface area contributed by atoms with Crippen LogP contribution in [0.3, 0.4) is 0 Å². The first-order valence-electron chi connectivity index (χ1n) is 6.52. The molecule has 0 radical (unpaired) electrons. The van der Waals surface area contributed by atoms with Crippen LogP contribution in [0.25, 0.3) is 0 Å². The van der Waals surface area contributed by atoms with Gasteiger partial charge in [0.2, 0.25) is 0 Å². The SMILES string of the molecule is CCCCO[P+](CCCC)(OC)On1ccnc1. The van der Waals surface area contributed by atoms with Gasteiger partial charge in [-0.05, 0) is 12.8 Å². The molecule has 1 unspecified atom stereocenters. The molecule has 1 rings (SSSR count). The van der Waals surface area contributed by atoms with Crippen LogP contribution in [0.4, 0.5) is 0 Å². The highest BCUT2D eigenvalue weighted by molar-refractivity contribution is 7.61. The van der Waals surface area contributed by atoms with Crippen LogP contribution < -0.4 is 4.62 Å². The topological polar surface area (TPSA) is 45.5 Å². The van der Waals surface area contributed by atoms with Gasteiger partial charge >= 0.3 is 7.94 Å². The predicted molar refractivity (Wildman–Crippen MR) is 73.4 cm³/mol.